The summed E-state index contributed by atoms with van der Waals surface area (Å²) >= 11 is 0. The lowest BCUT2D eigenvalue weighted by atomic mass is 9.67. The lowest BCUT2D eigenvalue weighted by Crippen LogP contribution is -2.55. The van der Waals surface area contributed by atoms with Gasteiger partial charge in [0.1, 0.15) is 11.7 Å². The Morgan fingerprint density at radius 1 is 0.946 bits per heavy atom. The summed E-state index contributed by atoms with van der Waals surface area (Å²) in [4.78, 5) is 56.1. The molecule has 3 amide bonds. The van der Waals surface area contributed by atoms with Crippen LogP contribution < -0.4 is 9.64 Å². The minimum absolute atomic E-state index is 0.0716. The molecule has 1 aromatic heterocycles. The number of fused-ring (bicyclic) bond motifs is 4. The highest BCUT2D eigenvalue weighted by Gasteiger charge is 2.38. The van der Waals surface area contributed by atoms with E-state index in [2.05, 4.69) is 40.9 Å². The van der Waals surface area contributed by atoms with Crippen LogP contribution in [0.2, 0.25) is 0 Å². The van der Waals surface area contributed by atoms with Crippen molar-refractivity contribution in [2.75, 3.05) is 70.9 Å². The number of carbonyl (C=O) groups is 3. The number of ether oxygens (including phenoxy) is 1. The van der Waals surface area contributed by atoms with Gasteiger partial charge in [0, 0.05) is 64.3 Å². The van der Waals surface area contributed by atoms with Crippen molar-refractivity contribution in [1.82, 2.24) is 24.6 Å². The van der Waals surface area contributed by atoms with Gasteiger partial charge in [-0.3, -0.25) is 9.59 Å². The quantitative estimate of drug-likeness (QED) is 0.288. The summed E-state index contributed by atoms with van der Waals surface area (Å²) in [6, 6.07) is 15.2. The second-order valence-electron chi connectivity index (χ2n) is 17.3. The smallest absolute Gasteiger partial charge is 0.408 e. The summed E-state index contributed by atoms with van der Waals surface area (Å²) in [6.45, 7) is 13.7. The Labute approximate surface area is 333 Å². The maximum absolute atomic E-state index is 14.1. The van der Waals surface area contributed by atoms with E-state index in [1.165, 1.54) is 11.1 Å². The summed E-state index contributed by atoms with van der Waals surface area (Å²) in [5, 5.41) is 12.0. The molecule has 3 fully saturated rings. The number of hydrogen-bond acceptors (Lipinski definition) is 8. The van der Waals surface area contributed by atoms with Crippen LogP contribution in [0.25, 0.3) is 10.9 Å². The van der Waals surface area contributed by atoms with Crippen LogP contribution in [0.1, 0.15) is 100 Å². The number of carbonyl (C=O) groups excluding carboxylic acids is 3. The van der Waals surface area contributed by atoms with Gasteiger partial charge in [-0.15, -0.1) is 0 Å². The number of para-hydroxylation sites is 1. The molecule has 0 spiro atoms. The maximum atomic E-state index is 14.1. The number of aliphatic hydroxyl groups is 1. The number of pyridine rings is 1. The highest BCUT2D eigenvalue weighted by atomic mass is 16.6. The van der Waals surface area contributed by atoms with Crippen LogP contribution in [0, 0.1) is 11.8 Å². The summed E-state index contributed by atoms with van der Waals surface area (Å²) in [6.07, 6.45) is 7.12. The number of nitrogens with zero attached hydrogens (tertiary/aromatic N) is 6. The van der Waals surface area contributed by atoms with Crippen LogP contribution in [0.3, 0.4) is 0 Å². The van der Waals surface area contributed by atoms with Crippen LogP contribution in [0.4, 0.5) is 10.5 Å². The van der Waals surface area contributed by atoms with Gasteiger partial charge in [0.05, 0.1) is 16.8 Å². The average molecular weight is 767 g/mol. The molecule has 2 aromatic carbocycles. The first-order valence-corrected chi connectivity index (χ1v) is 21.2. The molecular weight excluding hydrogens is 705 g/mol. The third-order valence-electron chi connectivity index (χ3n) is 13.2. The molecule has 11 heteroatoms. The van der Waals surface area contributed by atoms with Crippen LogP contribution in [0.15, 0.2) is 48.5 Å². The molecule has 2 aliphatic heterocycles. The third kappa shape index (κ3) is 8.69. The first kappa shape index (κ1) is 40.0. The van der Waals surface area contributed by atoms with E-state index in [1.807, 2.05) is 56.0 Å². The van der Waals surface area contributed by atoms with E-state index in [1.54, 1.807) is 15.9 Å². The molecule has 0 bridgehead atoms. The predicted molar refractivity (Wildman–Crippen MR) is 220 cm³/mol. The fourth-order valence-electron chi connectivity index (χ4n) is 9.66. The van der Waals surface area contributed by atoms with Crippen LogP contribution in [0.5, 0.6) is 5.75 Å². The number of anilines is 1. The molecule has 1 N–H and O–H groups in total. The van der Waals surface area contributed by atoms with Crippen LogP contribution >= 0.6 is 0 Å². The minimum Gasteiger partial charge on any atom is -0.408 e. The molecule has 7 rings (SSSR count). The van der Waals surface area contributed by atoms with Gasteiger partial charge in [-0.05, 0) is 125 Å². The fourth-order valence-corrected chi connectivity index (χ4v) is 9.66. The highest BCUT2D eigenvalue weighted by molar-refractivity contribution is 5.98. The second-order valence-corrected chi connectivity index (χ2v) is 17.3. The number of benzene rings is 2. The average Bonchev–Trinajstić information content (AvgIpc) is 3.26. The SMILES string of the molecule is CCCN(C(=O)c1ccc2ccccc2n1)[C@@H](C)C(=O)N1CCN(c2cc3c(cc2OC(=O)N2CCN(C)CC2)CC[C@H]2C(C)CC[C@](C)(O)CCCC32)CC1. The van der Waals surface area contributed by atoms with Crippen molar-refractivity contribution in [3.05, 3.63) is 65.4 Å². The molecule has 2 aliphatic carbocycles. The van der Waals surface area contributed by atoms with E-state index in [9.17, 15) is 19.5 Å². The Kier molecular flexibility index (Phi) is 12.2. The first-order valence-electron chi connectivity index (χ1n) is 21.2. The molecule has 11 nitrogen and oxygen atoms in total. The van der Waals surface area contributed by atoms with Gasteiger partial charge in [0.2, 0.25) is 5.91 Å². The molecule has 5 atom stereocenters. The number of likely N-dealkylation sites (N-methyl/N-ethyl adjacent to an activating group) is 1. The van der Waals surface area contributed by atoms with Crippen molar-refractivity contribution < 1.29 is 24.2 Å². The molecule has 3 heterocycles. The largest absolute Gasteiger partial charge is 0.415 e. The van der Waals surface area contributed by atoms with E-state index in [-0.39, 0.29) is 17.9 Å². The summed E-state index contributed by atoms with van der Waals surface area (Å²) in [5.74, 6) is 1.71. The zero-order valence-electron chi connectivity index (χ0n) is 34.2. The van der Waals surface area contributed by atoms with Crippen molar-refractivity contribution in [3.8, 4) is 5.75 Å². The van der Waals surface area contributed by atoms with Crippen molar-refractivity contribution in [3.63, 3.8) is 0 Å². The minimum atomic E-state index is -0.644. The number of aromatic nitrogens is 1. The molecule has 0 radical (unpaired) electrons. The Morgan fingerprint density at radius 2 is 1.68 bits per heavy atom. The fraction of sp³-hybridized carbons (Fsp3) is 0.600. The second kappa shape index (κ2) is 17.1. The Bertz CT molecular complexity index is 1880. The third-order valence-corrected chi connectivity index (χ3v) is 13.2. The maximum Gasteiger partial charge on any atom is 0.415 e. The van der Waals surface area contributed by atoms with E-state index in [0.717, 1.165) is 81.0 Å². The molecule has 2 unspecified atom stereocenters. The standard InChI is InChI=1S/C45H62N6O5/c1-6-20-51(43(53)39-16-14-33-10-7-8-12-38(33)46-39)32(3)42(52)49-27-25-48(26-28-49)40-30-37-34(29-41(40)56-44(54)50-23-21-47(5)22-24-50)13-15-35-31(2)17-19-45(4,55)18-9-11-36(35)37/h7-8,10,12,14,16,29-32,35-36,55H,6,9,11,13,15,17-28H2,1-5H3/t31?,32-,35-,36?,45+/m0/s1. The molecule has 4 aliphatic rings. The van der Waals surface area contributed by atoms with Gasteiger partial charge < -0.3 is 34.3 Å². The monoisotopic (exact) mass is 766 g/mol. The number of rotatable bonds is 7. The van der Waals surface area contributed by atoms with Gasteiger partial charge in [0.25, 0.3) is 5.91 Å². The van der Waals surface area contributed by atoms with E-state index >= 15 is 0 Å². The summed E-state index contributed by atoms with van der Waals surface area (Å²) in [5.41, 5.74) is 4.00. The molecule has 1 saturated carbocycles. The predicted octanol–water partition coefficient (Wildman–Crippen LogP) is 6.57. The normalized spacial score (nSPS) is 25.3. The number of hydrogen-bond donors (Lipinski definition) is 1. The number of amides is 3. The van der Waals surface area contributed by atoms with E-state index < -0.39 is 11.6 Å². The zero-order chi connectivity index (χ0) is 39.6. The Balaban J connectivity index is 1.11. The summed E-state index contributed by atoms with van der Waals surface area (Å²) < 4.78 is 6.32. The molecule has 56 heavy (non-hydrogen) atoms. The van der Waals surface area contributed by atoms with Crippen molar-refractivity contribution in [2.24, 2.45) is 11.8 Å². The summed E-state index contributed by atoms with van der Waals surface area (Å²) in [7, 11) is 2.07. The highest BCUT2D eigenvalue weighted by Crippen LogP contribution is 2.49. The van der Waals surface area contributed by atoms with E-state index in [0.29, 0.717) is 75.0 Å². The van der Waals surface area contributed by atoms with Gasteiger partial charge in [-0.2, -0.15) is 0 Å². The lowest BCUT2D eigenvalue weighted by molar-refractivity contribution is -0.135. The first-order chi connectivity index (χ1) is 26.9. The van der Waals surface area contributed by atoms with Gasteiger partial charge in [0.15, 0.2) is 5.75 Å². The number of aryl methyl sites for hydroxylation is 1. The van der Waals surface area contributed by atoms with Crippen LogP contribution in [-0.4, -0.2) is 125 Å². The Morgan fingerprint density at radius 3 is 2.43 bits per heavy atom. The van der Waals surface area contributed by atoms with Crippen molar-refractivity contribution >= 4 is 34.5 Å². The lowest BCUT2D eigenvalue weighted by Gasteiger charge is -2.41. The van der Waals surface area contributed by atoms with Gasteiger partial charge >= 0.3 is 6.09 Å². The molecular formula is C45H62N6O5. The van der Waals surface area contributed by atoms with Crippen molar-refractivity contribution in [1.29, 1.82) is 0 Å². The molecule has 2 saturated heterocycles. The Hall–Kier alpha value is -4.22. The number of piperazine rings is 2. The zero-order valence-corrected chi connectivity index (χ0v) is 34.2. The van der Waals surface area contributed by atoms with E-state index in [4.69, 9.17) is 4.74 Å². The van der Waals surface area contributed by atoms with Crippen molar-refractivity contribution in [2.45, 2.75) is 96.6 Å². The van der Waals surface area contributed by atoms with Gasteiger partial charge in [-0.25, -0.2) is 9.78 Å². The topological polar surface area (TPSA) is 110 Å². The molecule has 3 aromatic rings. The molecule has 302 valence electrons. The van der Waals surface area contributed by atoms with Crippen LogP contribution in [-0.2, 0) is 11.2 Å². The van der Waals surface area contributed by atoms with Gasteiger partial charge in [-0.1, -0.05) is 38.1 Å².